The topological polar surface area (TPSA) is 67.1 Å². The van der Waals surface area contributed by atoms with Crippen LogP contribution < -0.4 is 16.2 Å². The minimum atomic E-state index is 0.565. The van der Waals surface area contributed by atoms with Crippen molar-refractivity contribution in [3.05, 3.63) is 6.07 Å². The highest BCUT2D eigenvalue weighted by molar-refractivity contribution is 7.99. The van der Waals surface area contributed by atoms with E-state index in [0.29, 0.717) is 11.9 Å². The van der Waals surface area contributed by atoms with Gasteiger partial charge in [0.05, 0.1) is 0 Å². The Hall–Kier alpha value is -0.660. The summed E-state index contributed by atoms with van der Waals surface area (Å²) in [4.78, 5) is 11.0. The minimum absolute atomic E-state index is 0.565. The number of nitrogens with two attached hydrogens (primary N) is 1. The average Bonchev–Trinajstić information content (AvgIpc) is 2.91. The van der Waals surface area contributed by atoms with E-state index in [2.05, 4.69) is 27.3 Å². The fraction of sp³-hybridized carbons (Fsp3) is 0.600. The molecule has 1 unspecified atom stereocenters. The molecule has 0 radical (unpaired) electrons. The number of nitrogen functional groups attached to an aromatic ring is 1. The SMILES string of the molecule is CSc1nc(NN)cc(N(C)C2CCSC2)n1. The quantitative estimate of drug-likeness (QED) is 0.371. The van der Waals surface area contributed by atoms with Gasteiger partial charge in [0.25, 0.3) is 0 Å². The fourth-order valence-electron chi connectivity index (χ4n) is 1.77. The van der Waals surface area contributed by atoms with E-state index in [1.807, 2.05) is 24.1 Å². The number of hydrazine groups is 1. The maximum Gasteiger partial charge on any atom is 0.191 e. The molecule has 1 fully saturated rings. The highest BCUT2D eigenvalue weighted by Crippen LogP contribution is 2.26. The molecule has 17 heavy (non-hydrogen) atoms. The number of thioether (sulfide) groups is 2. The largest absolute Gasteiger partial charge is 0.356 e. The Morgan fingerprint density at radius 2 is 2.41 bits per heavy atom. The van der Waals surface area contributed by atoms with Gasteiger partial charge in [-0.05, 0) is 18.4 Å². The summed E-state index contributed by atoms with van der Waals surface area (Å²) in [5.41, 5.74) is 2.59. The van der Waals surface area contributed by atoms with Gasteiger partial charge in [-0.15, -0.1) is 0 Å². The van der Waals surface area contributed by atoms with Crippen molar-refractivity contribution in [2.24, 2.45) is 5.84 Å². The Labute approximate surface area is 110 Å². The molecule has 0 aromatic carbocycles. The van der Waals surface area contributed by atoms with Gasteiger partial charge in [-0.2, -0.15) is 11.8 Å². The minimum Gasteiger partial charge on any atom is -0.356 e. The van der Waals surface area contributed by atoms with Crippen LogP contribution in [0, 0.1) is 0 Å². The second kappa shape index (κ2) is 5.79. The van der Waals surface area contributed by atoms with Crippen molar-refractivity contribution in [2.75, 3.05) is 35.1 Å². The first-order valence-corrected chi connectivity index (χ1v) is 7.83. The number of rotatable bonds is 4. The molecule has 5 nitrogen and oxygen atoms in total. The molecule has 1 aliphatic heterocycles. The van der Waals surface area contributed by atoms with Gasteiger partial charge in [0.15, 0.2) is 5.16 Å². The third kappa shape index (κ3) is 2.97. The summed E-state index contributed by atoms with van der Waals surface area (Å²) in [6.45, 7) is 0. The van der Waals surface area contributed by atoms with Gasteiger partial charge in [-0.3, -0.25) is 0 Å². The number of hydrogen-bond acceptors (Lipinski definition) is 7. The zero-order valence-corrected chi connectivity index (χ0v) is 11.6. The number of nitrogens with zero attached hydrogens (tertiary/aromatic N) is 3. The Morgan fingerprint density at radius 3 is 3.00 bits per heavy atom. The maximum absolute atomic E-state index is 5.42. The van der Waals surface area contributed by atoms with Crippen LogP contribution in [0.3, 0.4) is 0 Å². The van der Waals surface area contributed by atoms with Crippen LogP contribution in [0.15, 0.2) is 11.2 Å². The first kappa shape index (κ1) is 12.8. The summed E-state index contributed by atoms with van der Waals surface area (Å²) >= 11 is 3.52. The molecule has 94 valence electrons. The van der Waals surface area contributed by atoms with Gasteiger partial charge in [0.1, 0.15) is 11.6 Å². The maximum atomic E-state index is 5.42. The van der Waals surface area contributed by atoms with Crippen LogP contribution in [0.25, 0.3) is 0 Å². The van der Waals surface area contributed by atoms with Crippen molar-refractivity contribution in [2.45, 2.75) is 17.6 Å². The summed E-state index contributed by atoms with van der Waals surface area (Å²) in [6, 6.07) is 2.46. The summed E-state index contributed by atoms with van der Waals surface area (Å²) in [6.07, 6.45) is 3.18. The van der Waals surface area contributed by atoms with Crippen LogP contribution in [0.2, 0.25) is 0 Å². The van der Waals surface area contributed by atoms with Gasteiger partial charge in [0, 0.05) is 24.9 Å². The number of hydrogen-bond donors (Lipinski definition) is 2. The van der Waals surface area contributed by atoms with Gasteiger partial charge in [-0.25, -0.2) is 15.8 Å². The smallest absolute Gasteiger partial charge is 0.191 e. The van der Waals surface area contributed by atoms with Crippen molar-refractivity contribution in [3.8, 4) is 0 Å². The molecular formula is C10H17N5S2. The first-order chi connectivity index (χ1) is 8.24. The molecule has 7 heteroatoms. The van der Waals surface area contributed by atoms with Crippen molar-refractivity contribution >= 4 is 35.2 Å². The van der Waals surface area contributed by atoms with E-state index < -0.39 is 0 Å². The normalized spacial score (nSPS) is 19.4. The van der Waals surface area contributed by atoms with E-state index in [4.69, 9.17) is 5.84 Å². The second-order valence-corrected chi connectivity index (χ2v) is 5.79. The fourth-order valence-corrected chi connectivity index (χ4v) is 3.42. The predicted molar refractivity (Wildman–Crippen MR) is 75.8 cm³/mol. The average molecular weight is 271 g/mol. The van der Waals surface area contributed by atoms with E-state index in [0.717, 1.165) is 11.0 Å². The second-order valence-electron chi connectivity index (χ2n) is 3.87. The Bertz CT molecular complexity index is 359. The van der Waals surface area contributed by atoms with Crippen molar-refractivity contribution in [3.63, 3.8) is 0 Å². The van der Waals surface area contributed by atoms with Crippen molar-refractivity contribution < 1.29 is 0 Å². The molecule has 1 aromatic rings. The molecular weight excluding hydrogens is 254 g/mol. The number of nitrogens with one attached hydrogen (secondary N) is 1. The van der Waals surface area contributed by atoms with Crippen LogP contribution in [0.1, 0.15) is 6.42 Å². The molecule has 1 saturated heterocycles. The van der Waals surface area contributed by atoms with E-state index >= 15 is 0 Å². The predicted octanol–water partition coefficient (Wildman–Crippen LogP) is 1.43. The molecule has 2 rings (SSSR count). The lowest BCUT2D eigenvalue weighted by molar-refractivity contribution is 0.685. The molecule has 2 heterocycles. The molecule has 0 amide bonds. The van der Waals surface area contributed by atoms with Crippen molar-refractivity contribution in [1.29, 1.82) is 0 Å². The Kier molecular flexibility index (Phi) is 4.36. The third-order valence-corrected chi connectivity index (χ3v) is 4.53. The summed E-state index contributed by atoms with van der Waals surface area (Å²) < 4.78 is 0. The Balaban J connectivity index is 2.23. The van der Waals surface area contributed by atoms with E-state index in [1.54, 1.807) is 0 Å². The van der Waals surface area contributed by atoms with E-state index in [-0.39, 0.29) is 0 Å². The molecule has 1 atom stereocenters. The lowest BCUT2D eigenvalue weighted by Gasteiger charge is -2.25. The van der Waals surface area contributed by atoms with Crippen LogP contribution in [-0.2, 0) is 0 Å². The van der Waals surface area contributed by atoms with Gasteiger partial charge in [-0.1, -0.05) is 11.8 Å². The van der Waals surface area contributed by atoms with E-state index in [1.165, 1.54) is 29.7 Å². The molecule has 0 bridgehead atoms. The standard InChI is InChI=1S/C10H17N5S2/c1-15(7-3-4-17-6-7)9-5-8(14-11)12-10(13-9)16-2/h5,7H,3-4,6,11H2,1-2H3,(H,12,13,14). The van der Waals surface area contributed by atoms with Crippen LogP contribution in [0.5, 0.6) is 0 Å². The molecule has 0 spiro atoms. The summed E-state index contributed by atoms with van der Waals surface area (Å²) in [5, 5.41) is 0.743. The van der Waals surface area contributed by atoms with Gasteiger partial charge >= 0.3 is 0 Å². The molecule has 1 aromatic heterocycles. The zero-order valence-electron chi connectivity index (χ0n) is 10.0. The van der Waals surface area contributed by atoms with Gasteiger partial charge < -0.3 is 10.3 Å². The van der Waals surface area contributed by atoms with Crippen molar-refractivity contribution in [1.82, 2.24) is 9.97 Å². The zero-order chi connectivity index (χ0) is 12.3. The highest BCUT2D eigenvalue weighted by Gasteiger charge is 2.21. The monoisotopic (exact) mass is 271 g/mol. The molecule has 0 saturated carbocycles. The summed E-state index contributed by atoms with van der Waals surface area (Å²) in [5.74, 6) is 9.42. The number of anilines is 2. The lowest BCUT2D eigenvalue weighted by atomic mass is 10.2. The first-order valence-electron chi connectivity index (χ1n) is 5.45. The van der Waals surface area contributed by atoms with Crippen LogP contribution in [0.4, 0.5) is 11.6 Å². The summed E-state index contributed by atoms with van der Waals surface area (Å²) in [7, 11) is 2.09. The Morgan fingerprint density at radius 1 is 1.59 bits per heavy atom. The molecule has 3 N–H and O–H groups in total. The van der Waals surface area contributed by atoms with Gasteiger partial charge in [0.2, 0.25) is 0 Å². The molecule has 1 aliphatic rings. The highest BCUT2D eigenvalue weighted by atomic mass is 32.2. The van der Waals surface area contributed by atoms with E-state index in [9.17, 15) is 0 Å². The molecule has 0 aliphatic carbocycles. The third-order valence-electron chi connectivity index (χ3n) is 2.84. The number of aromatic nitrogens is 2. The van der Waals surface area contributed by atoms with Crippen LogP contribution >= 0.6 is 23.5 Å². The lowest BCUT2D eigenvalue weighted by Crippen LogP contribution is -2.32. The van der Waals surface area contributed by atoms with Crippen LogP contribution in [-0.4, -0.2) is 40.8 Å².